The van der Waals surface area contributed by atoms with Gasteiger partial charge in [-0.15, -0.1) is 11.3 Å². The SMILES string of the molecule is O=c1nc2n(c3sc4c(c13)CCCC4)Cc1ccccc1/C2=C/c1ccc(Cl)cc1. The first-order valence-corrected chi connectivity index (χ1v) is 11.5. The molecular weight excluding hydrogens is 412 g/mol. The van der Waals surface area contributed by atoms with Gasteiger partial charge in [-0.25, -0.2) is 0 Å². The zero-order valence-corrected chi connectivity index (χ0v) is 17.9. The van der Waals surface area contributed by atoms with Crippen LogP contribution in [0.15, 0.2) is 53.3 Å². The number of halogens is 1. The van der Waals surface area contributed by atoms with E-state index < -0.39 is 0 Å². The van der Waals surface area contributed by atoms with Gasteiger partial charge in [0.05, 0.1) is 11.9 Å². The highest BCUT2D eigenvalue weighted by atomic mass is 35.5. The molecule has 0 unspecified atom stereocenters. The van der Waals surface area contributed by atoms with E-state index in [0.717, 1.165) is 58.5 Å². The van der Waals surface area contributed by atoms with Crippen LogP contribution in [0.3, 0.4) is 0 Å². The summed E-state index contributed by atoms with van der Waals surface area (Å²) in [5, 5.41) is 1.56. The number of hydrogen-bond acceptors (Lipinski definition) is 3. The lowest BCUT2D eigenvalue weighted by molar-refractivity contribution is 0.699. The van der Waals surface area contributed by atoms with Gasteiger partial charge in [-0.05, 0) is 66.1 Å². The van der Waals surface area contributed by atoms with Crippen LogP contribution in [0.25, 0.3) is 21.9 Å². The Kier molecular flexibility index (Phi) is 4.18. The van der Waals surface area contributed by atoms with Crippen LogP contribution in [0.1, 0.15) is 45.8 Å². The lowest BCUT2D eigenvalue weighted by Gasteiger charge is -2.24. The van der Waals surface area contributed by atoms with E-state index in [2.05, 4.69) is 33.8 Å². The van der Waals surface area contributed by atoms with Crippen molar-refractivity contribution in [2.75, 3.05) is 0 Å². The highest BCUT2D eigenvalue weighted by Crippen LogP contribution is 2.39. The summed E-state index contributed by atoms with van der Waals surface area (Å²) in [4.78, 5) is 20.3. The van der Waals surface area contributed by atoms with Crippen molar-refractivity contribution in [1.82, 2.24) is 9.55 Å². The molecule has 5 heteroatoms. The quantitative estimate of drug-likeness (QED) is 0.330. The average molecular weight is 431 g/mol. The highest BCUT2D eigenvalue weighted by molar-refractivity contribution is 7.18. The van der Waals surface area contributed by atoms with Gasteiger partial charge in [-0.3, -0.25) is 4.79 Å². The molecule has 0 saturated heterocycles. The predicted octanol–water partition coefficient (Wildman–Crippen LogP) is 5.94. The molecule has 3 nitrogen and oxygen atoms in total. The van der Waals surface area contributed by atoms with E-state index in [4.69, 9.17) is 11.6 Å². The van der Waals surface area contributed by atoms with Gasteiger partial charge in [0, 0.05) is 15.5 Å². The number of fused-ring (bicyclic) bond motifs is 6. The molecular formula is C25H19ClN2OS. The largest absolute Gasteiger partial charge is 0.312 e. The number of thiophene rings is 1. The summed E-state index contributed by atoms with van der Waals surface area (Å²) >= 11 is 7.87. The van der Waals surface area contributed by atoms with Crippen molar-refractivity contribution in [2.45, 2.75) is 32.2 Å². The highest BCUT2D eigenvalue weighted by Gasteiger charge is 2.27. The minimum atomic E-state index is -0.0861. The first-order valence-electron chi connectivity index (χ1n) is 10.3. The first kappa shape index (κ1) is 18.1. The Morgan fingerprint density at radius 2 is 1.83 bits per heavy atom. The molecule has 2 aromatic carbocycles. The molecule has 0 spiro atoms. The number of hydrogen-bond donors (Lipinski definition) is 0. The number of aromatic nitrogens is 2. The van der Waals surface area contributed by atoms with Gasteiger partial charge in [0.15, 0.2) is 0 Å². The fraction of sp³-hybridized carbons (Fsp3) is 0.200. The van der Waals surface area contributed by atoms with Crippen molar-refractivity contribution in [1.29, 1.82) is 0 Å². The molecule has 30 heavy (non-hydrogen) atoms. The Bertz CT molecular complexity index is 1400. The lowest BCUT2D eigenvalue weighted by Crippen LogP contribution is -2.23. The monoisotopic (exact) mass is 430 g/mol. The average Bonchev–Trinajstić information content (AvgIpc) is 3.16. The maximum absolute atomic E-state index is 13.2. The second kappa shape index (κ2) is 6.93. The molecule has 6 rings (SSSR count). The van der Waals surface area contributed by atoms with Gasteiger partial charge in [-0.1, -0.05) is 48.0 Å². The molecule has 4 aromatic rings. The number of nitrogens with zero attached hydrogens (tertiary/aromatic N) is 2. The first-order chi connectivity index (χ1) is 14.7. The molecule has 0 saturated carbocycles. The molecule has 2 aliphatic rings. The number of rotatable bonds is 1. The van der Waals surface area contributed by atoms with Crippen LogP contribution in [0.4, 0.5) is 0 Å². The third-order valence-electron chi connectivity index (χ3n) is 6.13. The van der Waals surface area contributed by atoms with Crippen LogP contribution in [-0.2, 0) is 19.4 Å². The molecule has 0 radical (unpaired) electrons. The standard InChI is InChI=1S/C25H19ClN2OS/c26-17-11-9-15(10-12-17)13-20-18-6-2-1-5-16(18)14-28-23(20)27-24(29)22-19-7-3-4-8-21(19)30-25(22)28/h1-2,5-6,9-13H,3-4,7-8,14H2/b20-13-. The molecule has 2 aromatic heterocycles. The molecule has 3 heterocycles. The van der Waals surface area contributed by atoms with Crippen LogP contribution in [0.2, 0.25) is 5.02 Å². The van der Waals surface area contributed by atoms with Gasteiger partial charge < -0.3 is 4.57 Å². The lowest BCUT2D eigenvalue weighted by atomic mass is 9.93. The van der Waals surface area contributed by atoms with Crippen molar-refractivity contribution in [3.8, 4) is 0 Å². The zero-order chi connectivity index (χ0) is 20.2. The Balaban J connectivity index is 1.65. The van der Waals surface area contributed by atoms with Crippen molar-refractivity contribution in [2.24, 2.45) is 0 Å². The fourth-order valence-electron chi connectivity index (χ4n) is 4.70. The summed E-state index contributed by atoms with van der Waals surface area (Å²) in [7, 11) is 0. The minimum absolute atomic E-state index is 0.0861. The molecule has 1 aliphatic heterocycles. The third-order valence-corrected chi connectivity index (χ3v) is 7.70. The van der Waals surface area contributed by atoms with Gasteiger partial charge >= 0.3 is 0 Å². The fourth-order valence-corrected chi connectivity index (χ4v) is 6.21. The maximum atomic E-state index is 13.2. The van der Waals surface area contributed by atoms with E-state index >= 15 is 0 Å². The van der Waals surface area contributed by atoms with Crippen molar-refractivity contribution in [3.05, 3.63) is 96.9 Å². The normalized spacial score (nSPS) is 16.4. The minimum Gasteiger partial charge on any atom is -0.312 e. The number of aryl methyl sites for hydroxylation is 2. The van der Waals surface area contributed by atoms with E-state index in [0.29, 0.717) is 5.02 Å². The summed E-state index contributed by atoms with van der Waals surface area (Å²) in [6, 6.07) is 16.2. The Labute approximate surface area is 183 Å². The molecule has 0 atom stereocenters. The summed E-state index contributed by atoms with van der Waals surface area (Å²) in [5.41, 5.74) is 5.58. The molecule has 0 fully saturated rings. The zero-order valence-electron chi connectivity index (χ0n) is 16.3. The number of benzene rings is 2. The Hall–Kier alpha value is -2.69. The predicted molar refractivity (Wildman–Crippen MR) is 124 cm³/mol. The van der Waals surface area contributed by atoms with Crippen LogP contribution >= 0.6 is 22.9 Å². The van der Waals surface area contributed by atoms with Gasteiger partial charge in [-0.2, -0.15) is 4.98 Å². The van der Waals surface area contributed by atoms with E-state index in [-0.39, 0.29) is 5.56 Å². The summed E-state index contributed by atoms with van der Waals surface area (Å²) < 4.78 is 2.25. The van der Waals surface area contributed by atoms with Crippen molar-refractivity contribution >= 4 is 44.8 Å². The molecule has 1 aliphatic carbocycles. The van der Waals surface area contributed by atoms with Crippen LogP contribution in [0.5, 0.6) is 0 Å². The Morgan fingerprint density at radius 3 is 2.70 bits per heavy atom. The van der Waals surface area contributed by atoms with E-state index in [1.165, 1.54) is 22.4 Å². The van der Waals surface area contributed by atoms with Gasteiger partial charge in [0.2, 0.25) is 0 Å². The van der Waals surface area contributed by atoms with E-state index in [9.17, 15) is 4.79 Å². The third kappa shape index (κ3) is 2.78. The molecule has 148 valence electrons. The van der Waals surface area contributed by atoms with Crippen molar-refractivity contribution < 1.29 is 0 Å². The second-order valence-corrected chi connectivity index (χ2v) is 9.50. The Morgan fingerprint density at radius 1 is 1.03 bits per heavy atom. The van der Waals surface area contributed by atoms with Gasteiger partial charge in [0.1, 0.15) is 10.7 Å². The van der Waals surface area contributed by atoms with Crippen LogP contribution in [0, 0.1) is 0 Å². The van der Waals surface area contributed by atoms with Gasteiger partial charge in [0.25, 0.3) is 5.56 Å². The van der Waals surface area contributed by atoms with E-state index in [1.807, 2.05) is 30.3 Å². The topological polar surface area (TPSA) is 34.9 Å². The second-order valence-electron chi connectivity index (χ2n) is 7.98. The summed E-state index contributed by atoms with van der Waals surface area (Å²) in [6.45, 7) is 0.743. The van der Waals surface area contributed by atoms with Crippen molar-refractivity contribution in [3.63, 3.8) is 0 Å². The molecule has 0 bridgehead atoms. The summed E-state index contributed by atoms with van der Waals surface area (Å²) in [6.07, 6.45) is 6.55. The molecule has 0 amide bonds. The van der Waals surface area contributed by atoms with E-state index in [1.54, 1.807) is 11.3 Å². The summed E-state index contributed by atoms with van der Waals surface area (Å²) in [5.74, 6) is 0.764. The van der Waals surface area contributed by atoms with Crippen LogP contribution < -0.4 is 5.56 Å². The smallest absolute Gasteiger partial charge is 0.282 e. The van der Waals surface area contributed by atoms with Crippen LogP contribution in [-0.4, -0.2) is 9.55 Å². The maximum Gasteiger partial charge on any atom is 0.282 e. The molecule has 0 N–H and O–H groups in total.